The summed E-state index contributed by atoms with van der Waals surface area (Å²) in [6.45, 7) is 4.08. The van der Waals surface area contributed by atoms with E-state index in [0.29, 0.717) is 23.5 Å². The van der Waals surface area contributed by atoms with Crippen molar-refractivity contribution in [3.05, 3.63) is 53.6 Å². The minimum absolute atomic E-state index is 0.184. The summed E-state index contributed by atoms with van der Waals surface area (Å²) < 4.78 is 30.9. The summed E-state index contributed by atoms with van der Waals surface area (Å²) in [5, 5.41) is 2.83. The number of ether oxygens (including phenoxy) is 1. The number of amides is 1. The first-order valence-electron chi connectivity index (χ1n) is 8.69. The van der Waals surface area contributed by atoms with Crippen molar-refractivity contribution in [3.8, 4) is 5.75 Å². The topological polar surface area (TPSA) is 75.7 Å². The number of hydrogen-bond acceptors (Lipinski definition) is 4. The number of methoxy groups -OCH3 is 1. The van der Waals surface area contributed by atoms with Gasteiger partial charge in [0.2, 0.25) is 15.9 Å². The van der Waals surface area contributed by atoms with E-state index in [1.165, 1.54) is 10.6 Å². The number of aryl methyl sites for hydroxylation is 2. The Morgan fingerprint density at radius 2 is 1.81 bits per heavy atom. The van der Waals surface area contributed by atoms with Gasteiger partial charge in [0.15, 0.2) is 0 Å². The molecule has 0 aliphatic rings. The van der Waals surface area contributed by atoms with Crippen molar-refractivity contribution in [2.75, 3.05) is 29.5 Å². The van der Waals surface area contributed by atoms with Gasteiger partial charge in [0.05, 0.1) is 24.7 Å². The molecule has 0 fully saturated rings. The van der Waals surface area contributed by atoms with Crippen LogP contribution >= 0.6 is 0 Å². The van der Waals surface area contributed by atoms with E-state index in [2.05, 4.69) is 5.32 Å². The van der Waals surface area contributed by atoms with Gasteiger partial charge in [0.1, 0.15) is 5.75 Å². The molecule has 0 atom stereocenters. The molecule has 146 valence electrons. The van der Waals surface area contributed by atoms with E-state index in [0.717, 1.165) is 11.1 Å². The maximum atomic E-state index is 12.3. The molecule has 0 heterocycles. The minimum Gasteiger partial charge on any atom is -0.495 e. The van der Waals surface area contributed by atoms with Crippen molar-refractivity contribution < 1.29 is 17.9 Å². The van der Waals surface area contributed by atoms with Gasteiger partial charge in [-0.15, -0.1) is 0 Å². The first kappa shape index (κ1) is 20.8. The summed E-state index contributed by atoms with van der Waals surface area (Å²) >= 11 is 0. The van der Waals surface area contributed by atoms with Crippen LogP contribution in [0.2, 0.25) is 0 Å². The van der Waals surface area contributed by atoms with Gasteiger partial charge in [-0.2, -0.15) is 0 Å². The highest BCUT2D eigenvalue weighted by molar-refractivity contribution is 7.92. The molecule has 0 spiro atoms. The Balaban J connectivity index is 2.01. The van der Waals surface area contributed by atoms with Crippen molar-refractivity contribution >= 4 is 27.3 Å². The van der Waals surface area contributed by atoms with Crippen LogP contribution in [-0.2, 0) is 14.8 Å². The van der Waals surface area contributed by atoms with E-state index in [-0.39, 0.29) is 18.9 Å². The van der Waals surface area contributed by atoms with Crippen molar-refractivity contribution in [1.29, 1.82) is 0 Å². The molecule has 0 unspecified atom stereocenters. The van der Waals surface area contributed by atoms with Crippen LogP contribution in [0, 0.1) is 13.8 Å². The molecule has 2 rings (SSSR count). The fourth-order valence-electron chi connectivity index (χ4n) is 2.78. The maximum Gasteiger partial charge on any atom is 0.232 e. The highest BCUT2D eigenvalue weighted by Crippen LogP contribution is 2.25. The lowest BCUT2D eigenvalue weighted by Crippen LogP contribution is -2.31. The Morgan fingerprint density at radius 1 is 1.11 bits per heavy atom. The summed E-state index contributed by atoms with van der Waals surface area (Å²) in [5.41, 5.74) is 3.21. The molecule has 0 radical (unpaired) electrons. The molecular weight excluding hydrogens is 364 g/mol. The molecule has 2 aromatic rings. The number of benzene rings is 2. The van der Waals surface area contributed by atoms with Gasteiger partial charge in [-0.3, -0.25) is 9.10 Å². The van der Waals surface area contributed by atoms with Gasteiger partial charge in [0, 0.05) is 13.0 Å². The van der Waals surface area contributed by atoms with E-state index in [1.54, 1.807) is 19.2 Å². The third-order valence-electron chi connectivity index (χ3n) is 4.08. The minimum atomic E-state index is -3.43. The third-order valence-corrected chi connectivity index (χ3v) is 5.28. The third kappa shape index (κ3) is 5.99. The zero-order chi connectivity index (χ0) is 20.0. The fourth-order valence-corrected chi connectivity index (χ4v) is 3.74. The molecular formula is C20H26N2O4S. The monoisotopic (exact) mass is 390 g/mol. The molecule has 0 aliphatic carbocycles. The van der Waals surface area contributed by atoms with Crippen LogP contribution < -0.4 is 14.4 Å². The van der Waals surface area contributed by atoms with E-state index in [9.17, 15) is 13.2 Å². The summed E-state index contributed by atoms with van der Waals surface area (Å²) in [6, 6.07) is 12.8. The quantitative estimate of drug-likeness (QED) is 0.749. The summed E-state index contributed by atoms with van der Waals surface area (Å²) in [4.78, 5) is 12.3. The molecule has 1 N–H and O–H groups in total. The van der Waals surface area contributed by atoms with E-state index < -0.39 is 10.0 Å². The maximum absolute atomic E-state index is 12.3. The SMILES string of the molecule is COc1ccc(C)cc1NC(=O)CCCN(c1cccc(C)c1)S(C)(=O)=O. The molecule has 27 heavy (non-hydrogen) atoms. The number of hydrogen-bond donors (Lipinski definition) is 1. The number of carbonyl (C=O) groups excluding carboxylic acids is 1. The van der Waals surface area contributed by atoms with Crippen LogP contribution in [0.4, 0.5) is 11.4 Å². The lowest BCUT2D eigenvalue weighted by atomic mass is 10.2. The van der Waals surface area contributed by atoms with Crippen LogP contribution in [0.5, 0.6) is 5.75 Å². The van der Waals surface area contributed by atoms with Gasteiger partial charge < -0.3 is 10.1 Å². The molecule has 6 nitrogen and oxygen atoms in total. The predicted molar refractivity (Wildman–Crippen MR) is 109 cm³/mol. The molecule has 0 aliphatic heterocycles. The van der Waals surface area contributed by atoms with Gasteiger partial charge in [-0.05, 0) is 55.7 Å². The Hall–Kier alpha value is -2.54. The Morgan fingerprint density at radius 3 is 2.44 bits per heavy atom. The van der Waals surface area contributed by atoms with Crippen molar-refractivity contribution in [2.45, 2.75) is 26.7 Å². The lowest BCUT2D eigenvalue weighted by Gasteiger charge is -2.22. The molecule has 2 aromatic carbocycles. The molecule has 0 bridgehead atoms. The second-order valence-corrected chi connectivity index (χ2v) is 8.44. The molecule has 1 amide bonds. The van der Waals surface area contributed by atoms with Gasteiger partial charge >= 0.3 is 0 Å². The normalized spacial score (nSPS) is 11.1. The fraction of sp³-hybridized carbons (Fsp3) is 0.350. The van der Waals surface area contributed by atoms with Crippen LogP contribution in [-0.4, -0.2) is 34.2 Å². The van der Waals surface area contributed by atoms with Crippen LogP contribution in [0.1, 0.15) is 24.0 Å². The van der Waals surface area contributed by atoms with E-state index in [4.69, 9.17) is 4.74 Å². The zero-order valence-corrected chi connectivity index (χ0v) is 17.0. The Labute approximate surface area is 161 Å². The van der Waals surface area contributed by atoms with Crippen LogP contribution in [0.25, 0.3) is 0 Å². The molecule has 0 saturated carbocycles. The largest absolute Gasteiger partial charge is 0.495 e. The number of nitrogens with zero attached hydrogens (tertiary/aromatic N) is 1. The van der Waals surface area contributed by atoms with Crippen molar-refractivity contribution in [2.24, 2.45) is 0 Å². The molecule has 0 saturated heterocycles. The summed E-state index contributed by atoms with van der Waals surface area (Å²) in [7, 11) is -1.88. The summed E-state index contributed by atoms with van der Waals surface area (Å²) in [5.74, 6) is 0.406. The first-order valence-corrected chi connectivity index (χ1v) is 10.5. The number of carbonyl (C=O) groups is 1. The average Bonchev–Trinajstić information content (AvgIpc) is 2.58. The van der Waals surface area contributed by atoms with E-state index >= 15 is 0 Å². The van der Waals surface area contributed by atoms with Crippen molar-refractivity contribution in [3.63, 3.8) is 0 Å². The second-order valence-electron chi connectivity index (χ2n) is 6.53. The standard InChI is InChI=1S/C20H26N2O4S/c1-15-7-5-8-17(13-15)22(27(4,24)25)12-6-9-20(23)21-18-14-16(2)10-11-19(18)26-3/h5,7-8,10-11,13-14H,6,9,12H2,1-4H3,(H,21,23). The van der Waals surface area contributed by atoms with Gasteiger partial charge in [0.25, 0.3) is 0 Å². The van der Waals surface area contributed by atoms with Crippen molar-refractivity contribution in [1.82, 2.24) is 0 Å². The van der Waals surface area contributed by atoms with Gasteiger partial charge in [-0.1, -0.05) is 18.2 Å². The first-order chi connectivity index (χ1) is 12.7. The molecule has 7 heteroatoms. The molecule has 0 aromatic heterocycles. The number of rotatable bonds is 8. The Kier molecular flexibility index (Phi) is 6.85. The average molecular weight is 391 g/mol. The van der Waals surface area contributed by atoms with Crippen LogP contribution in [0.15, 0.2) is 42.5 Å². The number of anilines is 2. The Bertz CT molecular complexity index is 910. The second kappa shape index (κ2) is 8.90. The summed E-state index contributed by atoms with van der Waals surface area (Å²) in [6.07, 6.45) is 1.78. The smallest absolute Gasteiger partial charge is 0.232 e. The lowest BCUT2D eigenvalue weighted by molar-refractivity contribution is -0.116. The van der Waals surface area contributed by atoms with E-state index in [1.807, 2.05) is 44.2 Å². The zero-order valence-electron chi connectivity index (χ0n) is 16.2. The number of nitrogens with one attached hydrogen (secondary N) is 1. The predicted octanol–water partition coefficient (Wildman–Crippen LogP) is 3.50. The highest BCUT2D eigenvalue weighted by Gasteiger charge is 2.18. The van der Waals surface area contributed by atoms with Gasteiger partial charge in [-0.25, -0.2) is 8.42 Å². The van der Waals surface area contributed by atoms with Crippen LogP contribution in [0.3, 0.4) is 0 Å². The number of sulfonamides is 1. The highest BCUT2D eigenvalue weighted by atomic mass is 32.2.